The first-order chi connectivity index (χ1) is 15.7. The minimum absolute atomic E-state index is 0.253. The fourth-order valence-corrected chi connectivity index (χ4v) is 8.54. The second-order valence-corrected chi connectivity index (χ2v) is 16.1. The van der Waals surface area contributed by atoms with Crippen LogP contribution in [0, 0.1) is 0 Å². The Balaban J connectivity index is 2.12. The average molecular weight is 523 g/mol. The maximum absolute atomic E-state index is 6.22. The predicted molar refractivity (Wildman–Crippen MR) is 145 cm³/mol. The Kier molecular flexibility index (Phi) is 7.78. The monoisotopic (exact) mass is 522 g/mol. The van der Waals surface area contributed by atoms with Crippen LogP contribution in [0.25, 0.3) is 0 Å². The summed E-state index contributed by atoms with van der Waals surface area (Å²) < 4.78 is 22.6. The van der Waals surface area contributed by atoms with Gasteiger partial charge < -0.3 is 0 Å². The molecule has 0 aliphatic rings. The van der Waals surface area contributed by atoms with Gasteiger partial charge in [0.1, 0.15) is 0 Å². The molecule has 34 heavy (non-hydrogen) atoms. The third-order valence-electron chi connectivity index (χ3n) is 4.50. The minimum atomic E-state index is -1.93. The Morgan fingerprint density at radius 3 is 0.941 bits per heavy atom. The maximum atomic E-state index is 6.22. The van der Waals surface area contributed by atoms with Gasteiger partial charge in [-0.15, -0.1) is 0 Å². The molecule has 3 nitrogen and oxygen atoms in total. The number of hydrogen-bond donors (Lipinski definition) is 0. The molecule has 0 amide bonds. The molecular weight excluding hydrogens is 483 g/mol. The Hall–Kier alpha value is -2.38. The quantitative estimate of drug-likeness (QED) is 0.387. The first-order valence-electron chi connectivity index (χ1n) is 11.9. The first kappa shape index (κ1) is 26.2. The van der Waals surface area contributed by atoms with Crippen LogP contribution >= 0.6 is 0 Å². The van der Waals surface area contributed by atoms with E-state index in [0.29, 0.717) is 0 Å². The van der Waals surface area contributed by atoms with Crippen molar-refractivity contribution in [1.82, 2.24) is 0 Å². The van der Waals surface area contributed by atoms with E-state index in [4.69, 9.17) is 14.2 Å². The van der Waals surface area contributed by atoms with Crippen LogP contribution in [0.15, 0.2) is 72.8 Å². The molecule has 0 heterocycles. The Morgan fingerprint density at radius 2 is 0.706 bits per heavy atom. The van der Waals surface area contributed by atoms with Crippen molar-refractivity contribution in [3.05, 3.63) is 72.8 Å². The van der Waals surface area contributed by atoms with Gasteiger partial charge >= 0.3 is 211 Å². The Labute approximate surface area is 210 Å². The van der Waals surface area contributed by atoms with Crippen LogP contribution in [0.1, 0.15) is 62.3 Å². The van der Waals surface area contributed by atoms with Crippen molar-refractivity contribution in [2.75, 3.05) is 0 Å². The summed E-state index contributed by atoms with van der Waals surface area (Å²) >= 11 is -1.93. The van der Waals surface area contributed by atoms with E-state index in [1.165, 1.54) is 13.1 Å². The molecule has 3 aromatic rings. The third kappa shape index (κ3) is 8.13. The van der Waals surface area contributed by atoms with Crippen molar-refractivity contribution < 1.29 is 14.2 Å². The van der Waals surface area contributed by atoms with E-state index < -0.39 is 14.7 Å². The number of rotatable bonds is 6. The van der Waals surface area contributed by atoms with Crippen molar-refractivity contribution in [1.29, 1.82) is 0 Å². The summed E-state index contributed by atoms with van der Waals surface area (Å²) in [5.41, 5.74) is -0.758. The van der Waals surface area contributed by atoms with E-state index in [1.54, 1.807) is 0 Å². The van der Waals surface area contributed by atoms with Crippen LogP contribution in [0.2, 0.25) is 0 Å². The van der Waals surface area contributed by atoms with E-state index >= 15 is 0 Å². The van der Waals surface area contributed by atoms with E-state index in [-0.39, 0.29) is 16.8 Å². The molecule has 0 spiro atoms. The molecule has 0 bridgehead atoms. The van der Waals surface area contributed by atoms with Gasteiger partial charge in [-0.3, -0.25) is 0 Å². The Bertz CT molecular complexity index is 959. The molecule has 0 aliphatic heterocycles. The average Bonchev–Trinajstić information content (AvgIpc) is 2.65. The molecule has 0 saturated heterocycles. The van der Waals surface area contributed by atoms with Crippen LogP contribution in [-0.4, -0.2) is 31.5 Å². The zero-order valence-electron chi connectivity index (χ0n) is 22.1. The molecule has 0 saturated carbocycles. The summed E-state index contributed by atoms with van der Waals surface area (Å²) in [6, 6.07) is 25.7. The van der Waals surface area contributed by atoms with Gasteiger partial charge in [0.05, 0.1) is 0 Å². The zero-order chi connectivity index (χ0) is 25.1. The van der Waals surface area contributed by atoms with Crippen LogP contribution in [0.4, 0.5) is 0 Å². The standard InChI is InChI=1S/C30H39AsO3/c1-28(2,3)32-25-16-10-13-22(19-25)31(23-14-11-17-26(20-23)33-29(4,5)6)24-15-12-18-27(21-24)34-30(7,8)9/h10-21H,1-9H3. The SMILES string of the molecule is CC(C)(C)Oc1cccc([As](c2cccc(OC(C)(C)C)c2)c2cccc(OC(C)(C)C)c2)c1. The summed E-state index contributed by atoms with van der Waals surface area (Å²) in [7, 11) is 0. The molecule has 0 aromatic heterocycles. The van der Waals surface area contributed by atoms with Gasteiger partial charge in [0.25, 0.3) is 0 Å². The number of ether oxygens (including phenoxy) is 3. The van der Waals surface area contributed by atoms with Crippen LogP contribution < -0.4 is 27.3 Å². The van der Waals surface area contributed by atoms with Crippen molar-refractivity contribution in [2.45, 2.75) is 79.1 Å². The molecule has 0 N–H and O–H groups in total. The van der Waals surface area contributed by atoms with Gasteiger partial charge in [-0.25, -0.2) is 0 Å². The third-order valence-corrected chi connectivity index (χ3v) is 9.50. The molecular formula is C30H39AsO3. The molecule has 0 atom stereocenters. The van der Waals surface area contributed by atoms with E-state index in [9.17, 15) is 0 Å². The van der Waals surface area contributed by atoms with Crippen molar-refractivity contribution in [2.24, 2.45) is 0 Å². The molecule has 4 heteroatoms. The number of hydrogen-bond acceptors (Lipinski definition) is 3. The fourth-order valence-electron chi connectivity index (χ4n) is 3.57. The second-order valence-electron chi connectivity index (χ2n) is 11.5. The summed E-state index contributed by atoms with van der Waals surface area (Å²) in [4.78, 5) is 0. The van der Waals surface area contributed by atoms with Gasteiger partial charge in [-0.2, -0.15) is 0 Å². The molecule has 0 fully saturated rings. The van der Waals surface area contributed by atoms with Gasteiger partial charge in [0, 0.05) is 0 Å². The molecule has 0 radical (unpaired) electrons. The molecule has 0 unspecified atom stereocenters. The predicted octanol–water partition coefficient (Wildman–Crippen LogP) is 5.73. The van der Waals surface area contributed by atoms with Crippen molar-refractivity contribution in [3.63, 3.8) is 0 Å². The Morgan fingerprint density at radius 1 is 0.441 bits per heavy atom. The molecule has 182 valence electrons. The number of benzene rings is 3. The normalized spacial score (nSPS) is 12.5. The molecule has 3 aromatic carbocycles. The van der Waals surface area contributed by atoms with Gasteiger partial charge in [-0.05, 0) is 0 Å². The second kappa shape index (κ2) is 10.1. The van der Waals surface area contributed by atoms with Crippen molar-refractivity contribution >= 4 is 27.7 Å². The fraction of sp³-hybridized carbons (Fsp3) is 0.400. The summed E-state index contributed by atoms with van der Waals surface area (Å²) in [6.45, 7) is 18.7. The summed E-state index contributed by atoms with van der Waals surface area (Å²) in [5.74, 6) is 2.69. The topological polar surface area (TPSA) is 27.7 Å². The van der Waals surface area contributed by atoms with E-state index in [2.05, 4.69) is 117 Å². The van der Waals surface area contributed by atoms with E-state index in [1.807, 2.05) is 18.2 Å². The van der Waals surface area contributed by atoms with Crippen LogP contribution in [-0.2, 0) is 0 Å². The summed E-state index contributed by atoms with van der Waals surface area (Å²) in [6.07, 6.45) is 0. The van der Waals surface area contributed by atoms with Gasteiger partial charge in [0.15, 0.2) is 0 Å². The molecule has 0 aliphatic carbocycles. The van der Waals surface area contributed by atoms with Gasteiger partial charge in [0.2, 0.25) is 0 Å². The molecule has 3 rings (SSSR count). The summed E-state index contributed by atoms with van der Waals surface area (Å²) in [5, 5.41) is 0. The van der Waals surface area contributed by atoms with Gasteiger partial charge in [-0.1, -0.05) is 0 Å². The van der Waals surface area contributed by atoms with Crippen molar-refractivity contribution in [3.8, 4) is 17.2 Å². The van der Waals surface area contributed by atoms with Crippen LogP contribution in [0.3, 0.4) is 0 Å². The van der Waals surface area contributed by atoms with Crippen LogP contribution in [0.5, 0.6) is 17.2 Å². The zero-order valence-corrected chi connectivity index (χ0v) is 24.0. The first-order valence-corrected chi connectivity index (χ1v) is 14.7. The van der Waals surface area contributed by atoms with E-state index in [0.717, 1.165) is 17.2 Å².